The Morgan fingerprint density at radius 2 is 2.41 bits per heavy atom. The minimum atomic E-state index is -1.35. The van der Waals surface area contributed by atoms with Crippen molar-refractivity contribution in [2.24, 2.45) is 0 Å². The van der Waals surface area contributed by atoms with Crippen molar-refractivity contribution in [2.75, 3.05) is 20.3 Å². The van der Waals surface area contributed by atoms with E-state index in [0.717, 1.165) is 0 Å². The molecule has 0 fully saturated rings. The standard InChI is InChI=1S/C10H16N2O5/c1-10(15,6-13)5-11-9(14)8-3-7(4-16-2)17-12-8/h3,13,15H,4-6H2,1-2H3,(H,11,14). The summed E-state index contributed by atoms with van der Waals surface area (Å²) in [6.45, 7) is 1.12. The van der Waals surface area contributed by atoms with Gasteiger partial charge in [0.25, 0.3) is 5.91 Å². The molecular formula is C10H16N2O5. The lowest BCUT2D eigenvalue weighted by Crippen LogP contribution is -2.43. The number of methoxy groups -OCH3 is 1. The van der Waals surface area contributed by atoms with Gasteiger partial charge in [-0.1, -0.05) is 5.16 Å². The summed E-state index contributed by atoms with van der Waals surface area (Å²) in [7, 11) is 1.50. The molecule has 1 aromatic heterocycles. The molecule has 96 valence electrons. The minimum absolute atomic E-state index is 0.0746. The van der Waals surface area contributed by atoms with E-state index < -0.39 is 18.1 Å². The van der Waals surface area contributed by atoms with Crippen LogP contribution in [0.3, 0.4) is 0 Å². The van der Waals surface area contributed by atoms with Crippen LogP contribution in [0, 0.1) is 0 Å². The summed E-state index contributed by atoms with van der Waals surface area (Å²) in [6.07, 6.45) is 0. The SMILES string of the molecule is COCc1cc(C(=O)NCC(C)(O)CO)no1. The molecule has 1 amide bonds. The monoisotopic (exact) mass is 244 g/mol. The van der Waals surface area contributed by atoms with Gasteiger partial charge in [-0.15, -0.1) is 0 Å². The van der Waals surface area contributed by atoms with Crippen LogP contribution < -0.4 is 5.32 Å². The summed E-state index contributed by atoms with van der Waals surface area (Å²) in [6, 6.07) is 1.45. The maximum absolute atomic E-state index is 11.6. The smallest absolute Gasteiger partial charge is 0.273 e. The van der Waals surface area contributed by atoms with E-state index in [1.807, 2.05) is 0 Å². The summed E-state index contributed by atoms with van der Waals surface area (Å²) >= 11 is 0. The molecule has 0 aliphatic heterocycles. The average Bonchev–Trinajstić information content (AvgIpc) is 2.75. The third-order valence-electron chi connectivity index (χ3n) is 2.05. The first-order valence-electron chi connectivity index (χ1n) is 5.04. The van der Waals surface area contributed by atoms with E-state index in [9.17, 15) is 9.90 Å². The fourth-order valence-corrected chi connectivity index (χ4v) is 1.05. The van der Waals surface area contributed by atoms with Crippen LogP contribution in [0.2, 0.25) is 0 Å². The van der Waals surface area contributed by atoms with Gasteiger partial charge in [0.15, 0.2) is 11.5 Å². The van der Waals surface area contributed by atoms with Crippen LogP contribution in [-0.4, -0.2) is 47.1 Å². The van der Waals surface area contributed by atoms with Gasteiger partial charge in [-0.05, 0) is 6.92 Å². The van der Waals surface area contributed by atoms with Crippen LogP contribution in [0.5, 0.6) is 0 Å². The second kappa shape index (κ2) is 5.76. The molecule has 1 aromatic rings. The van der Waals surface area contributed by atoms with Gasteiger partial charge in [0.2, 0.25) is 0 Å². The summed E-state index contributed by atoms with van der Waals surface area (Å²) < 4.78 is 9.65. The lowest BCUT2D eigenvalue weighted by Gasteiger charge is -2.19. The number of carbonyl (C=O) groups is 1. The number of aliphatic hydroxyl groups excluding tert-OH is 1. The van der Waals surface area contributed by atoms with Crippen molar-refractivity contribution in [3.05, 3.63) is 17.5 Å². The van der Waals surface area contributed by atoms with Crippen molar-refractivity contribution < 1.29 is 24.3 Å². The number of hydrogen-bond donors (Lipinski definition) is 3. The molecule has 0 spiro atoms. The Morgan fingerprint density at radius 1 is 1.71 bits per heavy atom. The van der Waals surface area contributed by atoms with Crippen LogP contribution in [0.4, 0.5) is 0 Å². The lowest BCUT2D eigenvalue weighted by molar-refractivity contribution is 0.00313. The summed E-state index contributed by atoms with van der Waals surface area (Å²) in [5.74, 6) is -0.0450. The Kier molecular flexibility index (Phi) is 4.62. The third kappa shape index (κ3) is 4.14. The van der Waals surface area contributed by atoms with Crippen molar-refractivity contribution >= 4 is 5.91 Å². The average molecular weight is 244 g/mol. The molecule has 7 heteroatoms. The lowest BCUT2D eigenvalue weighted by atomic mass is 10.1. The summed E-state index contributed by atoms with van der Waals surface area (Å²) in [5, 5.41) is 24.3. The molecule has 1 unspecified atom stereocenters. The zero-order valence-electron chi connectivity index (χ0n) is 9.77. The van der Waals surface area contributed by atoms with Gasteiger partial charge in [-0.25, -0.2) is 0 Å². The number of rotatable bonds is 6. The molecule has 0 aliphatic carbocycles. The van der Waals surface area contributed by atoms with Crippen LogP contribution in [-0.2, 0) is 11.3 Å². The van der Waals surface area contributed by atoms with Crippen molar-refractivity contribution in [1.82, 2.24) is 10.5 Å². The highest BCUT2D eigenvalue weighted by molar-refractivity contribution is 5.92. The highest BCUT2D eigenvalue weighted by Crippen LogP contribution is 2.05. The van der Waals surface area contributed by atoms with Crippen LogP contribution in [0.15, 0.2) is 10.6 Å². The van der Waals surface area contributed by atoms with Crippen molar-refractivity contribution in [2.45, 2.75) is 19.1 Å². The van der Waals surface area contributed by atoms with E-state index in [4.69, 9.17) is 14.4 Å². The van der Waals surface area contributed by atoms with Gasteiger partial charge in [0, 0.05) is 19.7 Å². The Hall–Kier alpha value is -1.44. The highest BCUT2D eigenvalue weighted by Gasteiger charge is 2.21. The largest absolute Gasteiger partial charge is 0.393 e. The van der Waals surface area contributed by atoms with Crippen molar-refractivity contribution in [3.63, 3.8) is 0 Å². The number of carbonyl (C=O) groups excluding carboxylic acids is 1. The van der Waals surface area contributed by atoms with E-state index in [0.29, 0.717) is 5.76 Å². The van der Waals surface area contributed by atoms with Gasteiger partial charge in [0.1, 0.15) is 12.2 Å². The quantitative estimate of drug-likeness (QED) is 0.611. The van der Waals surface area contributed by atoms with E-state index in [-0.39, 0.29) is 18.8 Å². The topological polar surface area (TPSA) is 105 Å². The predicted molar refractivity (Wildman–Crippen MR) is 57.3 cm³/mol. The van der Waals surface area contributed by atoms with E-state index in [1.165, 1.54) is 20.1 Å². The molecule has 1 atom stereocenters. The molecule has 7 nitrogen and oxygen atoms in total. The Morgan fingerprint density at radius 3 is 3.00 bits per heavy atom. The molecular weight excluding hydrogens is 228 g/mol. The molecule has 0 aliphatic rings. The Labute approximate surface area is 98.4 Å². The fraction of sp³-hybridized carbons (Fsp3) is 0.600. The van der Waals surface area contributed by atoms with Crippen LogP contribution in [0.25, 0.3) is 0 Å². The molecule has 0 bridgehead atoms. The number of ether oxygens (including phenoxy) is 1. The molecule has 1 heterocycles. The fourth-order valence-electron chi connectivity index (χ4n) is 1.05. The summed E-state index contributed by atoms with van der Waals surface area (Å²) in [4.78, 5) is 11.6. The molecule has 0 aromatic carbocycles. The predicted octanol–water partition coefficient (Wildman–Crippen LogP) is -0.706. The molecule has 17 heavy (non-hydrogen) atoms. The number of amides is 1. The van der Waals surface area contributed by atoms with Crippen LogP contribution in [0.1, 0.15) is 23.2 Å². The maximum atomic E-state index is 11.6. The van der Waals surface area contributed by atoms with Crippen molar-refractivity contribution in [3.8, 4) is 0 Å². The molecule has 0 saturated carbocycles. The van der Waals surface area contributed by atoms with E-state index in [2.05, 4.69) is 10.5 Å². The maximum Gasteiger partial charge on any atom is 0.273 e. The number of hydrogen-bond acceptors (Lipinski definition) is 6. The third-order valence-corrected chi connectivity index (χ3v) is 2.05. The van der Waals surface area contributed by atoms with Gasteiger partial charge in [-0.2, -0.15) is 0 Å². The Balaban J connectivity index is 2.52. The summed E-state index contributed by atoms with van der Waals surface area (Å²) in [5.41, 5.74) is -1.25. The number of aliphatic hydroxyl groups is 2. The van der Waals surface area contributed by atoms with Gasteiger partial charge in [0.05, 0.1) is 6.61 Å². The first-order valence-corrected chi connectivity index (χ1v) is 5.04. The number of nitrogens with one attached hydrogen (secondary N) is 1. The minimum Gasteiger partial charge on any atom is -0.393 e. The van der Waals surface area contributed by atoms with Crippen molar-refractivity contribution in [1.29, 1.82) is 0 Å². The second-order valence-electron chi connectivity index (χ2n) is 3.95. The first-order chi connectivity index (χ1) is 7.98. The highest BCUT2D eigenvalue weighted by atomic mass is 16.5. The molecule has 0 radical (unpaired) electrons. The van der Waals surface area contributed by atoms with E-state index >= 15 is 0 Å². The zero-order valence-corrected chi connectivity index (χ0v) is 9.77. The van der Waals surface area contributed by atoms with Gasteiger partial charge >= 0.3 is 0 Å². The molecule has 3 N–H and O–H groups in total. The Bertz CT molecular complexity index is 375. The van der Waals surface area contributed by atoms with Gasteiger partial charge in [-0.3, -0.25) is 4.79 Å². The normalized spacial score (nSPS) is 14.4. The molecule has 0 saturated heterocycles. The molecule has 1 rings (SSSR count). The first kappa shape index (κ1) is 13.6. The zero-order chi connectivity index (χ0) is 12.9. The van der Waals surface area contributed by atoms with Crippen LogP contribution >= 0.6 is 0 Å². The van der Waals surface area contributed by atoms with Gasteiger partial charge < -0.3 is 24.8 Å². The number of aromatic nitrogens is 1. The van der Waals surface area contributed by atoms with E-state index in [1.54, 1.807) is 0 Å². The second-order valence-corrected chi connectivity index (χ2v) is 3.95. The number of nitrogens with zero attached hydrogens (tertiary/aromatic N) is 1.